The molecule has 2 aliphatic heterocycles. The highest BCUT2D eigenvalue weighted by Crippen LogP contribution is 2.40. The lowest BCUT2D eigenvalue weighted by molar-refractivity contribution is -0.214. The lowest BCUT2D eigenvalue weighted by atomic mass is 9.72. The molecule has 2 saturated heterocycles. The molecular weight excluding hydrogens is 396 g/mol. The minimum Gasteiger partial charge on any atom is -0.462 e. The number of hydrogen-bond donors (Lipinski definition) is 0. The van der Waals surface area contributed by atoms with E-state index in [4.69, 9.17) is 23.7 Å². The fraction of sp³-hybridized carbons (Fsp3) is 0.880. The van der Waals surface area contributed by atoms with Crippen LogP contribution in [0.5, 0.6) is 0 Å². The van der Waals surface area contributed by atoms with Crippen LogP contribution in [0, 0.1) is 11.8 Å². The molecule has 176 valence electrons. The van der Waals surface area contributed by atoms with Gasteiger partial charge >= 0.3 is 5.97 Å². The number of ether oxygens (including phenoxy) is 5. The van der Waals surface area contributed by atoms with Crippen molar-refractivity contribution in [1.82, 2.24) is 0 Å². The molecule has 0 amide bonds. The molecule has 0 aromatic rings. The molecule has 0 N–H and O–H groups in total. The van der Waals surface area contributed by atoms with E-state index in [9.17, 15) is 4.79 Å². The first-order valence-corrected chi connectivity index (χ1v) is 12.5. The Hall–Kier alpha value is -0.950. The number of carbonyl (C=O) groups is 1. The van der Waals surface area contributed by atoms with Crippen LogP contribution >= 0.6 is 0 Å². The van der Waals surface area contributed by atoms with Crippen LogP contribution in [0.2, 0.25) is 0 Å². The Labute approximate surface area is 187 Å². The number of allylic oxidation sites excluding steroid dienone is 1. The molecule has 6 heteroatoms. The van der Waals surface area contributed by atoms with Crippen molar-refractivity contribution in [3.05, 3.63) is 11.6 Å². The van der Waals surface area contributed by atoms with Crippen LogP contribution in [-0.4, -0.2) is 50.6 Å². The first-order chi connectivity index (χ1) is 15.1. The van der Waals surface area contributed by atoms with Crippen LogP contribution < -0.4 is 0 Å². The maximum absolute atomic E-state index is 12.6. The van der Waals surface area contributed by atoms with E-state index >= 15 is 0 Å². The highest BCUT2D eigenvalue weighted by Gasteiger charge is 2.34. The first-order valence-electron chi connectivity index (χ1n) is 12.5. The molecule has 0 aromatic carbocycles. The van der Waals surface area contributed by atoms with E-state index in [2.05, 4.69) is 13.0 Å². The Morgan fingerprint density at radius 1 is 1.10 bits per heavy atom. The van der Waals surface area contributed by atoms with Crippen molar-refractivity contribution in [2.45, 2.75) is 115 Å². The van der Waals surface area contributed by atoms with Crippen molar-refractivity contribution in [2.75, 3.05) is 13.7 Å². The van der Waals surface area contributed by atoms with E-state index in [1.165, 1.54) is 25.7 Å². The van der Waals surface area contributed by atoms with Crippen LogP contribution in [0.1, 0.15) is 84.0 Å². The molecule has 1 saturated carbocycles. The Morgan fingerprint density at radius 3 is 2.77 bits per heavy atom. The Morgan fingerprint density at radius 2 is 1.97 bits per heavy atom. The number of esters is 1. The fourth-order valence-corrected chi connectivity index (χ4v) is 5.76. The van der Waals surface area contributed by atoms with Crippen molar-refractivity contribution < 1.29 is 28.5 Å². The van der Waals surface area contributed by atoms with Gasteiger partial charge in [0.15, 0.2) is 12.6 Å². The average Bonchev–Trinajstić information content (AvgIpc) is 3.23. The molecule has 7 atom stereocenters. The summed E-state index contributed by atoms with van der Waals surface area (Å²) in [7, 11) is 1.68. The third-order valence-corrected chi connectivity index (χ3v) is 7.38. The number of carbonyl (C=O) groups excluding carboxylic acids is 1. The van der Waals surface area contributed by atoms with Crippen molar-refractivity contribution in [1.29, 1.82) is 0 Å². The van der Waals surface area contributed by atoms with E-state index in [1.807, 2.05) is 0 Å². The monoisotopic (exact) mass is 436 g/mol. The molecule has 0 spiro atoms. The SMILES string of the molecule is CCC(OC(=O)CC1CCC(OCC2CCCC(OC)O2)O1)C1C=C2CCCC(C2)C1. The lowest BCUT2D eigenvalue weighted by Gasteiger charge is -2.36. The molecule has 2 bridgehead atoms. The minimum absolute atomic E-state index is 0.00553. The van der Waals surface area contributed by atoms with E-state index in [0.29, 0.717) is 18.9 Å². The Balaban J connectivity index is 1.18. The highest BCUT2D eigenvalue weighted by atomic mass is 16.7. The van der Waals surface area contributed by atoms with E-state index < -0.39 is 0 Å². The molecule has 31 heavy (non-hydrogen) atoms. The van der Waals surface area contributed by atoms with Crippen LogP contribution in [0.25, 0.3) is 0 Å². The summed E-state index contributed by atoms with van der Waals surface area (Å²) < 4.78 is 29.0. The number of rotatable bonds is 9. The molecule has 7 unspecified atom stereocenters. The maximum Gasteiger partial charge on any atom is 0.308 e. The molecule has 2 aliphatic carbocycles. The third-order valence-electron chi connectivity index (χ3n) is 7.38. The van der Waals surface area contributed by atoms with Gasteiger partial charge in [-0.25, -0.2) is 0 Å². The predicted octanol–water partition coefficient (Wildman–Crippen LogP) is 4.90. The van der Waals surface area contributed by atoms with E-state index in [1.54, 1.807) is 12.7 Å². The molecular formula is C25H40O6. The molecule has 2 heterocycles. The van der Waals surface area contributed by atoms with Crippen molar-refractivity contribution in [3.63, 3.8) is 0 Å². The van der Waals surface area contributed by atoms with E-state index in [-0.39, 0.29) is 36.9 Å². The summed E-state index contributed by atoms with van der Waals surface area (Å²) in [4.78, 5) is 12.6. The maximum atomic E-state index is 12.6. The van der Waals surface area contributed by atoms with Gasteiger partial charge in [0.25, 0.3) is 0 Å². The second-order valence-corrected chi connectivity index (χ2v) is 9.78. The second-order valence-electron chi connectivity index (χ2n) is 9.78. The highest BCUT2D eigenvalue weighted by molar-refractivity contribution is 5.70. The number of methoxy groups -OCH3 is 1. The minimum atomic E-state index is -0.256. The summed E-state index contributed by atoms with van der Waals surface area (Å²) in [5.74, 6) is 1.04. The topological polar surface area (TPSA) is 63.2 Å². The van der Waals surface area contributed by atoms with Gasteiger partial charge in [0, 0.05) is 19.4 Å². The third kappa shape index (κ3) is 6.53. The van der Waals surface area contributed by atoms with Crippen molar-refractivity contribution in [2.24, 2.45) is 11.8 Å². The van der Waals surface area contributed by atoms with Gasteiger partial charge in [0.1, 0.15) is 6.10 Å². The van der Waals surface area contributed by atoms with Gasteiger partial charge in [0.2, 0.25) is 0 Å². The summed E-state index contributed by atoms with van der Waals surface area (Å²) in [6.07, 6.45) is 14.1. The number of fused-ring (bicyclic) bond motifs is 2. The molecule has 0 radical (unpaired) electrons. The lowest BCUT2D eigenvalue weighted by Crippen LogP contribution is -2.33. The fourth-order valence-electron chi connectivity index (χ4n) is 5.76. The summed E-state index contributed by atoms with van der Waals surface area (Å²) in [6.45, 7) is 2.63. The van der Waals surface area contributed by atoms with Gasteiger partial charge < -0.3 is 23.7 Å². The second kappa shape index (κ2) is 11.3. The van der Waals surface area contributed by atoms with Gasteiger partial charge in [-0.15, -0.1) is 0 Å². The average molecular weight is 437 g/mol. The van der Waals surface area contributed by atoms with Gasteiger partial charge in [-0.05, 0) is 70.1 Å². The zero-order valence-electron chi connectivity index (χ0n) is 19.3. The van der Waals surface area contributed by atoms with Crippen LogP contribution in [-0.2, 0) is 28.5 Å². The van der Waals surface area contributed by atoms with Gasteiger partial charge in [-0.3, -0.25) is 4.79 Å². The summed E-state index contributed by atoms with van der Waals surface area (Å²) in [6, 6.07) is 0. The van der Waals surface area contributed by atoms with Gasteiger partial charge in [-0.1, -0.05) is 18.6 Å². The van der Waals surface area contributed by atoms with Crippen LogP contribution in [0.15, 0.2) is 11.6 Å². The van der Waals surface area contributed by atoms with Gasteiger partial charge in [-0.2, -0.15) is 0 Å². The van der Waals surface area contributed by atoms with Crippen molar-refractivity contribution >= 4 is 5.97 Å². The predicted molar refractivity (Wildman–Crippen MR) is 116 cm³/mol. The summed E-state index contributed by atoms with van der Waals surface area (Å²) >= 11 is 0. The largest absolute Gasteiger partial charge is 0.462 e. The quantitative estimate of drug-likeness (QED) is 0.378. The zero-order chi connectivity index (χ0) is 21.6. The summed E-state index contributed by atoms with van der Waals surface area (Å²) in [5.41, 5.74) is 1.58. The normalized spacial score (nSPS) is 36.6. The molecule has 4 aliphatic rings. The first kappa shape index (κ1) is 23.2. The molecule has 4 rings (SSSR count). The van der Waals surface area contributed by atoms with Crippen molar-refractivity contribution in [3.8, 4) is 0 Å². The zero-order valence-corrected chi connectivity index (χ0v) is 19.3. The summed E-state index contributed by atoms with van der Waals surface area (Å²) in [5, 5.41) is 0. The van der Waals surface area contributed by atoms with Crippen LogP contribution in [0.3, 0.4) is 0 Å². The Bertz CT molecular complexity index is 619. The molecule has 3 fully saturated rings. The molecule has 0 aromatic heterocycles. The number of hydrogen-bond acceptors (Lipinski definition) is 6. The smallest absolute Gasteiger partial charge is 0.308 e. The van der Waals surface area contributed by atoms with Gasteiger partial charge in [0.05, 0.1) is 25.2 Å². The van der Waals surface area contributed by atoms with E-state index in [0.717, 1.165) is 50.9 Å². The Kier molecular flexibility index (Phi) is 8.43. The standard InChI is InChI=1S/C25H40O6/c1-3-22(19-13-17-6-4-7-18(12-17)14-19)31-23(26)15-20-10-11-25(29-20)28-16-21-8-5-9-24(27-2)30-21/h13,18-22,24-25H,3-12,14-16H2,1-2H3. The molecule has 6 nitrogen and oxygen atoms in total. The van der Waals surface area contributed by atoms with Crippen LogP contribution in [0.4, 0.5) is 0 Å².